The van der Waals surface area contributed by atoms with Crippen LogP contribution in [0.4, 0.5) is 0 Å². The van der Waals surface area contributed by atoms with Crippen LogP contribution in [0.2, 0.25) is 0 Å². The fraction of sp³-hybridized carbons (Fsp3) is 0.588. The monoisotopic (exact) mass is 467 g/mol. The van der Waals surface area contributed by atoms with Crippen LogP contribution >= 0.6 is 24.0 Å². The fourth-order valence-electron chi connectivity index (χ4n) is 1.89. The Labute approximate surface area is 163 Å². The van der Waals surface area contributed by atoms with Crippen LogP contribution in [0, 0.1) is 6.92 Å². The van der Waals surface area contributed by atoms with E-state index >= 15 is 0 Å². The molecule has 0 aliphatic heterocycles. The van der Waals surface area contributed by atoms with Crippen molar-refractivity contribution in [1.29, 1.82) is 0 Å². The zero-order chi connectivity index (χ0) is 17.1. The molecular weight excluding hydrogens is 437 g/mol. The van der Waals surface area contributed by atoms with Crippen molar-refractivity contribution in [3.63, 3.8) is 0 Å². The van der Waals surface area contributed by atoms with Gasteiger partial charge in [-0.25, -0.2) is 13.4 Å². The molecule has 0 atom stereocenters. The minimum absolute atomic E-state index is 0. The van der Waals surface area contributed by atoms with Gasteiger partial charge in [-0.3, -0.25) is 0 Å². The van der Waals surface area contributed by atoms with E-state index in [1.165, 1.54) is 5.56 Å². The molecule has 0 saturated carbocycles. The van der Waals surface area contributed by atoms with Crippen LogP contribution in [-0.2, 0) is 16.4 Å². The zero-order valence-electron chi connectivity index (χ0n) is 14.8. The summed E-state index contributed by atoms with van der Waals surface area (Å²) in [5.74, 6) is 0.973. The van der Waals surface area contributed by atoms with Gasteiger partial charge in [-0.15, -0.1) is 24.0 Å². The number of aryl methyl sites for hydroxylation is 1. The summed E-state index contributed by atoms with van der Waals surface area (Å²) >= 11 is 0. The smallest absolute Gasteiger partial charge is 0.191 e. The molecule has 1 aromatic rings. The second kappa shape index (κ2) is 12.5. The Balaban J connectivity index is 0.00000529. The van der Waals surface area contributed by atoms with Gasteiger partial charge in [-0.2, -0.15) is 0 Å². The largest absolute Gasteiger partial charge is 0.356 e. The predicted octanol–water partition coefficient (Wildman–Crippen LogP) is 2.88. The lowest BCUT2D eigenvalue weighted by Gasteiger charge is -2.12. The first kappa shape index (κ1) is 23.2. The number of guanidine groups is 1. The van der Waals surface area contributed by atoms with Crippen LogP contribution in [0.3, 0.4) is 0 Å². The number of sulfone groups is 1. The van der Waals surface area contributed by atoms with Gasteiger partial charge in [0.05, 0.1) is 12.3 Å². The molecule has 0 fully saturated rings. The Kier molecular flexibility index (Phi) is 12.1. The van der Waals surface area contributed by atoms with E-state index in [1.807, 2.05) is 0 Å². The molecule has 24 heavy (non-hydrogen) atoms. The average Bonchev–Trinajstić information content (AvgIpc) is 2.53. The number of benzene rings is 1. The fourth-order valence-corrected chi connectivity index (χ4v) is 2.59. The first-order valence-electron chi connectivity index (χ1n) is 8.25. The van der Waals surface area contributed by atoms with Crippen LogP contribution in [0.15, 0.2) is 29.3 Å². The van der Waals surface area contributed by atoms with Gasteiger partial charge < -0.3 is 10.6 Å². The second-order valence-corrected chi connectivity index (χ2v) is 8.07. The van der Waals surface area contributed by atoms with Gasteiger partial charge in [0.2, 0.25) is 0 Å². The van der Waals surface area contributed by atoms with Gasteiger partial charge >= 0.3 is 0 Å². The van der Waals surface area contributed by atoms with Gasteiger partial charge in [0.1, 0.15) is 0 Å². The normalized spacial score (nSPS) is 11.7. The molecule has 1 aromatic carbocycles. The second-order valence-electron chi connectivity index (χ2n) is 5.59. The number of hydrogen-bond donors (Lipinski definition) is 2. The van der Waals surface area contributed by atoms with Crippen molar-refractivity contribution < 1.29 is 8.42 Å². The van der Waals surface area contributed by atoms with E-state index in [1.54, 1.807) is 6.92 Å². The highest BCUT2D eigenvalue weighted by atomic mass is 127. The number of halogens is 1. The van der Waals surface area contributed by atoms with E-state index in [0.717, 1.165) is 24.9 Å². The highest BCUT2D eigenvalue weighted by molar-refractivity contribution is 14.0. The lowest BCUT2D eigenvalue weighted by atomic mass is 10.1. The van der Waals surface area contributed by atoms with E-state index in [4.69, 9.17) is 0 Å². The standard InChI is InChI=1S/C17H29N3O2S.HI/c1-4-6-11-18-17(19-12-13-23(21,22)5-2)20-14-16-9-7-15(3)8-10-16;/h7-10H,4-6,11-14H2,1-3H3,(H2,18,19,20);1H. The number of nitrogens with zero attached hydrogens (tertiary/aromatic N) is 1. The number of rotatable bonds is 9. The molecule has 2 N–H and O–H groups in total. The third-order valence-corrected chi connectivity index (χ3v) is 5.21. The quantitative estimate of drug-likeness (QED) is 0.254. The van der Waals surface area contributed by atoms with Gasteiger partial charge in [0.15, 0.2) is 15.8 Å². The molecule has 0 spiro atoms. The average molecular weight is 467 g/mol. The van der Waals surface area contributed by atoms with Gasteiger partial charge in [-0.1, -0.05) is 50.1 Å². The summed E-state index contributed by atoms with van der Waals surface area (Å²) in [6.45, 7) is 7.63. The predicted molar refractivity (Wildman–Crippen MR) is 113 cm³/mol. The summed E-state index contributed by atoms with van der Waals surface area (Å²) in [4.78, 5) is 4.54. The molecule has 138 valence electrons. The molecule has 5 nitrogen and oxygen atoms in total. The van der Waals surface area contributed by atoms with Gasteiger partial charge in [0.25, 0.3) is 0 Å². The maximum absolute atomic E-state index is 11.6. The summed E-state index contributed by atoms with van der Waals surface area (Å²) in [5.41, 5.74) is 2.36. The van der Waals surface area contributed by atoms with Gasteiger partial charge in [0, 0.05) is 18.8 Å². The highest BCUT2D eigenvalue weighted by Crippen LogP contribution is 2.04. The Hall–Kier alpha value is -0.830. The summed E-state index contributed by atoms with van der Waals surface area (Å²) in [6, 6.07) is 8.25. The molecule has 0 bridgehead atoms. The van der Waals surface area contributed by atoms with Crippen molar-refractivity contribution in [3.8, 4) is 0 Å². The van der Waals surface area contributed by atoms with E-state index in [0.29, 0.717) is 19.0 Å². The molecule has 0 aromatic heterocycles. The van der Waals surface area contributed by atoms with Crippen molar-refractivity contribution in [2.45, 2.75) is 40.2 Å². The van der Waals surface area contributed by atoms with Crippen molar-refractivity contribution in [1.82, 2.24) is 10.6 Å². The van der Waals surface area contributed by atoms with E-state index in [-0.39, 0.29) is 35.5 Å². The van der Waals surface area contributed by atoms with Crippen molar-refractivity contribution in [2.24, 2.45) is 4.99 Å². The lowest BCUT2D eigenvalue weighted by Crippen LogP contribution is -2.40. The Morgan fingerprint density at radius 1 is 1.08 bits per heavy atom. The van der Waals surface area contributed by atoms with Crippen LogP contribution in [-0.4, -0.2) is 39.0 Å². The number of aliphatic imine (C=N–C) groups is 1. The minimum atomic E-state index is -2.96. The van der Waals surface area contributed by atoms with E-state index in [2.05, 4.69) is 53.7 Å². The Morgan fingerprint density at radius 2 is 1.71 bits per heavy atom. The lowest BCUT2D eigenvalue weighted by molar-refractivity contribution is 0.595. The first-order chi connectivity index (χ1) is 11.0. The Morgan fingerprint density at radius 3 is 2.29 bits per heavy atom. The summed E-state index contributed by atoms with van der Waals surface area (Å²) in [5, 5.41) is 6.36. The third kappa shape index (κ3) is 10.1. The van der Waals surface area contributed by atoms with E-state index < -0.39 is 9.84 Å². The van der Waals surface area contributed by atoms with Crippen molar-refractivity contribution >= 4 is 39.8 Å². The summed E-state index contributed by atoms with van der Waals surface area (Å²) in [6.07, 6.45) is 2.15. The first-order valence-corrected chi connectivity index (χ1v) is 10.1. The molecule has 0 aliphatic carbocycles. The van der Waals surface area contributed by atoms with Gasteiger partial charge in [-0.05, 0) is 18.9 Å². The Bertz CT molecular complexity index is 586. The van der Waals surface area contributed by atoms with Crippen molar-refractivity contribution in [3.05, 3.63) is 35.4 Å². The molecule has 0 aliphatic rings. The van der Waals surface area contributed by atoms with Crippen LogP contribution in [0.25, 0.3) is 0 Å². The molecule has 1 rings (SSSR count). The highest BCUT2D eigenvalue weighted by Gasteiger charge is 2.07. The molecule has 0 saturated heterocycles. The van der Waals surface area contributed by atoms with Crippen molar-refractivity contribution in [2.75, 3.05) is 24.6 Å². The topological polar surface area (TPSA) is 70.6 Å². The molecule has 0 radical (unpaired) electrons. The summed E-state index contributed by atoms with van der Waals surface area (Å²) < 4.78 is 23.1. The number of hydrogen-bond acceptors (Lipinski definition) is 3. The maximum Gasteiger partial charge on any atom is 0.191 e. The zero-order valence-corrected chi connectivity index (χ0v) is 18.0. The third-order valence-electron chi connectivity index (χ3n) is 3.51. The molecule has 0 amide bonds. The maximum atomic E-state index is 11.6. The molecule has 0 unspecified atom stereocenters. The minimum Gasteiger partial charge on any atom is -0.356 e. The van der Waals surface area contributed by atoms with E-state index in [9.17, 15) is 8.42 Å². The number of nitrogens with one attached hydrogen (secondary N) is 2. The molecular formula is C17H30IN3O2S. The summed E-state index contributed by atoms with van der Waals surface area (Å²) in [7, 11) is -2.96. The van der Waals surface area contributed by atoms with Crippen LogP contribution < -0.4 is 10.6 Å². The molecule has 0 heterocycles. The molecule has 7 heteroatoms. The van der Waals surface area contributed by atoms with Crippen LogP contribution in [0.5, 0.6) is 0 Å². The SMILES string of the molecule is CCCCNC(=NCc1ccc(C)cc1)NCCS(=O)(=O)CC.I. The van der Waals surface area contributed by atoms with Crippen LogP contribution in [0.1, 0.15) is 37.8 Å². The number of unbranched alkanes of at least 4 members (excludes halogenated alkanes) is 1.